The second kappa shape index (κ2) is 7.90. The largest absolute Gasteiger partial charge is 0.388 e. The molecule has 7 nitrogen and oxygen atoms in total. The molecule has 9 heteroatoms. The van der Waals surface area contributed by atoms with E-state index in [4.69, 9.17) is 11.6 Å². The molecule has 0 bridgehead atoms. The Kier molecular flexibility index (Phi) is 5.74. The predicted molar refractivity (Wildman–Crippen MR) is 105 cm³/mol. The Hall–Kier alpha value is -2.42. The third-order valence-electron chi connectivity index (χ3n) is 4.51. The SMILES string of the molecule is CC(=O)N1CCc2cc(Cl)c(S(=O)(=O)NC(=O)CC(O)c3ccccc3)cc21. The summed E-state index contributed by atoms with van der Waals surface area (Å²) in [6, 6.07) is 11.3. The zero-order chi connectivity index (χ0) is 20.5. The number of hydrogen-bond acceptors (Lipinski definition) is 5. The molecular formula is C19H19ClN2O5S. The molecule has 0 aliphatic carbocycles. The number of anilines is 1. The third kappa shape index (κ3) is 4.19. The van der Waals surface area contributed by atoms with Gasteiger partial charge >= 0.3 is 0 Å². The van der Waals surface area contributed by atoms with Crippen molar-refractivity contribution in [2.24, 2.45) is 0 Å². The highest BCUT2D eigenvalue weighted by Crippen LogP contribution is 2.35. The summed E-state index contributed by atoms with van der Waals surface area (Å²) in [6.07, 6.45) is -0.990. The first-order chi connectivity index (χ1) is 13.2. The van der Waals surface area contributed by atoms with Crippen molar-refractivity contribution in [3.8, 4) is 0 Å². The molecule has 1 atom stereocenters. The zero-order valence-corrected chi connectivity index (χ0v) is 16.6. The Balaban J connectivity index is 1.80. The van der Waals surface area contributed by atoms with Gasteiger partial charge in [-0.25, -0.2) is 13.1 Å². The van der Waals surface area contributed by atoms with Crippen LogP contribution in [0.15, 0.2) is 47.4 Å². The molecule has 0 spiro atoms. The molecule has 0 saturated heterocycles. The molecular weight excluding hydrogens is 404 g/mol. The van der Waals surface area contributed by atoms with Gasteiger partial charge in [0.05, 0.1) is 17.5 Å². The number of halogens is 1. The van der Waals surface area contributed by atoms with Crippen LogP contribution in [0.3, 0.4) is 0 Å². The van der Waals surface area contributed by atoms with Gasteiger partial charge in [0.25, 0.3) is 10.0 Å². The van der Waals surface area contributed by atoms with Crippen molar-refractivity contribution in [3.63, 3.8) is 0 Å². The number of nitrogens with zero attached hydrogens (tertiary/aromatic N) is 1. The molecule has 0 saturated carbocycles. The summed E-state index contributed by atoms with van der Waals surface area (Å²) in [6.45, 7) is 1.84. The lowest BCUT2D eigenvalue weighted by atomic mass is 10.1. The average Bonchev–Trinajstić information content (AvgIpc) is 3.04. The number of aliphatic hydroxyl groups excluding tert-OH is 1. The summed E-state index contributed by atoms with van der Waals surface area (Å²) < 4.78 is 27.2. The van der Waals surface area contributed by atoms with E-state index in [9.17, 15) is 23.1 Å². The number of amides is 2. The Morgan fingerprint density at radius 1 is 1.25 bits per heavy atom. The molecule has 2 amide bonds. The molecule has 2 aromatic carbocycles. The van der Waals surface area contributed by atoms with Crippen LogP contribution in [-0.2, 0) is 26.0 Å². The van der Waals surface area contributed by atoms with Gasteiger partial charge < -0.3 is 10.0 Å². The fourth-order valence-electron chi connectivity index (χ4n) is 3.14. The smallest absolute Gasteiger partial charge is 0.265 e. The van der Waals surface area contributed by atoms with Gasteiger partial charge in [-0.05, 0) is 29.7 Å². The summed E-state index contributed by atoms with van der Waals surface area (Å²) in [5.41, 5.74) is 1.74. The van der Waals surface area contributed by atoms with E-state index >= 15 is 0 Å². The predicted octanol–water partition coefficient (Wildman–Crippen LogP) is 2.18. The van der Waals surface area contributed by atoms with Crippen LogP contribution in [0.2, 0.25) is 5.02 Å². The van der Waals surface area contributed by atoms with E-state index in [2.05, 4.69) is 0 Å². The summed E-state index contributed by atoms with van der Waals surface area (Å²) >= 11 is 6.12. The summed E-state index contributed by atoms with van der Waals surface area (Å²) in [5, 5.41) is 10.1. The van der Waals surface area contributed by atoms with Crippen LogP contribution >= 0.6 is 11.6 Å². The first-order valence-corrected chi connectivity index (χ1v) is 10.4. The van der Waals surface area contributed by atoms with Crippen molar-refractivity contribution in [2.75, 3.05) is 11.4 Å². The molecule has 0 fully saturated rings. The average molecular weight is 423 g/mol. The maximum absolute atomic E-state index is 12.7. The topological polar surface area (TPSA) is 104 Å². The number of fused-ring (bicyclic) bond motifs is 1. The van der Waals surface area contributed by atoms with Crippen molar-refractivity contribution >= 4 is 39.1 Å². The highest BCUT2D eigenvalue weighted by atomic mass is 35.5. The van der Waals surface area contributed by atoms with Crippen molar-refractivity contribution in [2.45, 2.75) is 30.8 Å². The van der Waals surface area contributed by atoms with E-state index in [0.29, 0.717) is 24.2 Å². The number of hydrogen-bond donors (Lipinski definition) is 2. The molecule has 148 valence electrons. The molecule has 1 aliphatic heterocycles. The van der Waals surface area contributed by atoms with Gasteiger partial charge in [0.1, 0.15) is 4.90 Å². The number of nitrogens with one attached hydrogen (secondary N) is 1. The second-order valence-electron chi connectivity index (χ2n) is 6.49. The quantitative estimate of drug-likeness (QED) is 0.768. The van der Waals surface area contributed by atoms with Crippen molar-refractivity contribution in [1.29, 1.82) is 0 Å². The number of sulfonamides is 1. The van der Waals surface area contributed by atoms with Gasteiger partial charge in [-0.15, -0.1) is 0 Å². The minimum Gasteiger partial charge on any atom is -0.388 e. The normalized spacial score (nSPS) is 14.5. The van der Waals surface area contributed by atoms with E-state index in [-0.39, 0.29) is 15.8 Å². The molecule has 1 heterocycles. The lowest BCUT2D eigenvalue weighted by molar-refractivity contribution is -0.121. The van der Waals surface area contributed by atoms with E-state index in [1.54, 1.807) is 30.3 Å². The zero-order valence-electron chi connectivity index (χ0n) is 15.1. The summed E-state index contributed by atoms with van der Waals surface area (Å²) in [5.74, 6) is -1.07. The number of carbonyl (C=O) groups is 2. The van der Waals surface area contributed by atoms with Gasteiger partial charge in [-0.3, -0.25) is 9.59 Å². The van der Waals surface area contributed by atoms with E-state index < -0.39 is 28.5 Å². The van der Waals surface area contributed by atoms with Crippen LogP contribution in [0, 0.1) is 0 Å². The number of rotatable bonds is 5. The molecule has 0 radical (unpaired) electrons. The van der Waals surface area contributed by atoms with Crippen LogP contribution < -0.4 is 9.62 Å². The third-order valence-corrected chi connectivity index (χ3v) is 6.35. The van der Waals surface area contributed by atoms with Crippen LogP contribution in [0.25, 0.3) is 0 Å². The highest BCUT2D eigenvalue weighted by Gasteiger charge is 2.29. The number of aliphatic hydroxyl groups is 1. The number of benzene rings is 2. The molecule has 1 aliphatic rings. The standard InChI is InChI=1S/C19H19ClN2O5S/c1-12(23)22-8-7-14-9-15(20)18(10-16(14)22)28(26,27)21-19(25)11-17(24)13-5-3-2-4-6-13/h2-6,9-10,17,24H,7-8,11H2,1H3,(H,21,25). The summed E-state index contributed by atoms with van der Waals surface area (Å²) in [4.78, 5) is 25.1. The minimum absolute atomic E-state index is 0.0342. The molecule has 3 rings (SSSR count). The number of carbonyl (C=O) groups excluding carboxylic acids is 2. The maximum Gasteiger partial charge on any atom is 0.265 e. The maximum atomic E-state index is 12.7. The van der Waals surface area contributed by atoms with Gasteiger partial charge in [-0.2, -0.15) is 0 Å². The fourth-order valence-corrected chi connectivity index (χ4v) is 4.70. The highest BCUT2D eigenvalue weighted by molar-refractivity contribution is 7.90. The Labute approximate surface area is 168 Å². The molecule has 1 unspecified atom stereocenters. The second-order valence-corrected chi connectivity index (χ2v) is 8.55. The van der Waals surface area contributed by atoms with E-state index in [1.165, 1.54) is 24.0 Å². The molecule has 28 heavy (non-hydrogen) atoms. The van der Waals surface area contributed by atoms with Gasteiger partial charge in [0, 0.05) is 19.2 Å². The Morgan fingerprint density at radius 3 is 2.57 bits per heavy atom. The monoisotopic (exact) mass is 422 g/mol. The van der Waals surface area contributed by atoms with Gasteiger partial charge in [-0.1, -0.05) is 41.9 Å². The lowest BCUT2D eigenvalue weighted by Crippen LogP contribution is -2.32. The van der Waals surface area contributed by atoms with E-state index in [1.807, 2.05) is 4.72 Å². The van der Waals surface area contributed by atoms with Crippen LogP contribution in [-0.4, -0.2) is 31.9 Å². The van der Waals surface area contributed by atoms with Gasteiger partial charge in [0.15, 0.2) is 0 Å². The Morgan fingerprint density at radius 2 is 1.93 bits per heavy atom. The van der Waals surface area contributed by atoms with Crippen LogP contribution in [0.1, 0.15) is 30.6 Å². The van der Waals surface area contributed by atoms with E-state index in [0.717, 1.165) is 5.56 Å². The lowest BCUT2D eigenvalue weighted by Gasteiger charge is -2.17. The van der Waals surface area contributed by atoms with Crippen LogP contribution in [0.4, 0.5) is 5.69 Å². The van der Waals surface area contributed by atoms with Crippen molar-refractivity contribution in [3.05, 3.63) is 58.6 Å². The van der Waals surface area contributed by atoms with Crippen molar-refractivity contribution in [1.82, 2.24) is 4.72 Å². The molecule has 2 aromatic rings. The molecule has 2 N–H and O–H groups in total. The minimum atomic E-state index is -4.27. The Bertz CT molecular complexity index is 1020. The first-order valence-electron chi connectivity index (χ1n) is 8.58. The first kappa shape index (κ1) is 20.3. The summed E-state index contributed by atoms with van der Waals surface area (Å²) in [7, 11) is -4.27. The van der Waals surface area contributed by atoms with Gasteiger partial charge in [0.2, 0.25) is 11.8 Å². The fraction of sp³-hybridized carbons (Fsp3) is 0.263. The molecule has 0 aromatic heterocycles. The van der Waals surface area contributed by atoms with Crippen molar-refractivity contribution < 1.29 is 23.1 Å². The van der Waals surface area contributed by atoms with Crippen LogP contribution in [0.5, 0.6) is 0 Å².